The van der Waals surface area contributed by atoms with Crippen LogP contribution in [-0.4, -0.2) is 22.9 Å². The Bertz CT molecular complexity index is 1340. The number of methoxy groups -OCH3 is 1. The first kappa shape index (κ1) is 21.6. The minimum absolute atomic E-state index is 0.0421. The first-order chi connectivity index (χ1) is 15.4. The minimum Gasteiger partial charge on any atom is -0.497 e. The van der Waals surface area contributed by atoms with Crippen LogP contribution in [0.25, 0.3) is 10.9 Å². The number of hydrogen-bond acceptors (Lipinski definition) is 3. The van der Waals surface area contributed by atoms with E-state index in [2.05, 4.69) is 4.98 Å². The lowest BCUT2D eigenvalue weighted by atomic mass is 10.1. The summed E-state index contributed by atoms with van der Waals surface area (Å²) in [5.74, 6) is -0.230. The molecule has 4 rings (SSSR count). The zero-order valence-corrected chi connectivity index (χ0v) is 18.0. The van der Waals surface area contributed by atoms with Crippen molar-refractivity contribution < 1.29 is 13.9 Å². The predicted molar refractivity (Wildman–Crippen MR) is 123 cm³/mol. The van der Waals surface area contributed by atoms with E-state index in [4.69, 9.17) is 16.3 Å². The van der Waals surface area contributed by atoms with Gasteiger partial charge in [-0.15, -0.1) is 0 Å². The lowest BCUT2D eigenvalue weighted by Crippen LogP contribution is -2.32. The normalized spacial score (nSPS) is 10.8. The number of amides is 1. The van der Waals surface area contributed by atoms with Crippen LogP contribution in [0.1, 0.15) is 21.5 Å². The van der Waals surface area contributed by atoms with Gasteiger partial charge in [0.25, 0.3) is 11.5 Å². The summed E-state index contributed by atoms with van der Waals surface area (Å²) in [6.07, 6.45) is 0. The molecule has 7 heteroatoms. The molecule has 0 aliphatic carbocycles. The van der Waals surface area contributed by atoms with Gasteiger partial charge in [0, 0.05) is 33.6 Å². The molecular weight excluding hydrogens is 431 g/mol. The van der Waals surface area contributed by atoms with Crippen LogP contribution in [0.15, 0.2) is 77.6 Å². The van der Waals surface area contributed by atoms with Crippen molar-refractivity contribution in [1.29, 1.82) is 0 Å². The molecule has 4 aromatic rings. The summed E-state index contributed by atoms with van der Waals surface area (Å²) < 4.78 is 19.0. The Kier molecular flexibility index (Phi) is 6.23. The van der Waals surface area contributed by atoms with Crippen molar-refractivity contribution in [3.63, 3.8) is 0 Å². The average Bonchev–Trinajstić information content (AvgIpc) is 2.79. The van der Waals surface area contributed by atoms with Gasteiger partial charge in [0.05, 0.1) is 13.7 Å². The zero-order chi connectivity index (χ0) is 22.7. The van der Waals surface area contributed by atoms with Crippen molar-refractivity contribution in [1.82, 2.24) is 9.88 Å². The number of H-pyrrole nitrogens is 1. The highest BCUT2D eigenvalue weighted by atomic mass is 35.5. The maximum Gasteiger partial charge on any atom is 0.254 e. The topological polar surface area (TPSA) is 62.4 Å². The van der Waals surface area contributed by atoms with E-state index in [0.29, 0.717) is 21.9 Å². The molecule has 32 heavy (non-hydrogen) atoms. The number of fused-ring (bicyclic) bond motifs is 1. The average molecular weight is 451 g/mol. The number of aromatic amines is 1. The van der Waals surface area contributed by atoms with Gasteiger partial charge in [0.2, 0.25) is 0 Å². The molecule has 0 fully saturated rings. The van der Waals surface area contributed by atoms with Crippen molar-refractivity contribution in [3.8, 4) is 5.75 Å². The Morgan fingerprint density at radius 1 is 1.03 bits per heavy atom. The van der Waals surface area contributed by atoms with Crippen LogP contribution in [0.4, 0.5) is 4.39 Å². The predicted octanol–water partition coefficient (Wildman–Crippen LogP) is 5.17. The molecule has 1 N–H and O–H groups in total. The van der Waals surface area contributed by atoms with Gasteiger partial charge in [-0.3, -0.25) is 9.59 Å². The standard InChI is InChI=1S/C25H20ClFN2O3/c1-32-22-9-10-23-18(13-22)11-19(24(30)28-23)15-29(14-16-5-7-20(26)8-6-16)25(31)17-3-2-4-21(27)12-17/h2-13H,14-15H2,1H3,(H,28,30). The van der Waals surface area contributed by atoms with Gasteiger partial charge in [-0.05, 0) is 60.2 Å². The number of nitrogens with zero attached hydrogens (tertiary/aromatic N) is 1. The van der Waals surface area contributed by atoms with Crippen LogP contribution in [0.2, 0.25) is 5.02 Å². The van der Waals surface area contributed by atoms with E-state index in [9.17, 15) is 14.0 Å². The maximum atomic E-state index is 13.7. The van der Waals surface area contributed by atoms with Crippen molar-refractivity contribution in [3.05, 3.63) is 111 Å². The van der Waals surface area contributed by atoms with Gasteiger partial charge < -0.3 is 14.6 Å². The van der Waals surface area contributed by atoms with Crippen molar-refractivity contribution in [2.45, 2.75) is 13.1 Å². The van der Waals surface area contributed by atoms with Crippen molar-refractivity contribution in [2.75, 3.05) is 7.11 Å². The molecule has 1 aromatic heterocycles. The monoisotopic (exact) mass is 450 g/mol. The van der Waals surface area contributed by atoms with Crippen LogP contribution in [0.5, 0.6) is 5.75 Å². The molecule has 162 valence electrons. The molecule has 0 aliphatic rings. The summed E-state index contributed by atoms with van der Waals surface area (Å²) >= 11 is 5.98. The molecule has 5 nitrogen and oxygen atoms in total. The molecule has 1 heterocycles. The number of rotatable bonds is 6. The summed E-state index contributed by atoms with van der Waals surface area (Å²) in [6.45, 7) is 0.266. The minimum atomic E-state index is -0.502. The number of aromatic nitrogens is 1. The van der Waals surface area contributed by atoms with Gasteiger partial charge in [0.15, 0.2) is 0 Å². The largest absolute Gasteiger partial charge is 0.497 e. The smallest absolute Gasteiger partial charge is 0.254 e. The summed E-state index contributed by atoms with van der Waals surface area (Å²) in [5.41, 5.74) is 1.82. The fourth-order valence-electron chi connectivity index (χ4n) is 3.49. The van der Waals surface area contributed by atoms with E-state index >= 15 is 0 Å². The fourth-order valence-corrected chi connectivity index (χ4v) is 3.62. The van der Waals surface area contributed by atoms with Crippen LogP contribution in [0.3, 0.4) is 0 Å². The van der Waals surface area contributed by atoms with Crippen LogP contribution < -0.4 is 10.3 Å². The van der Waals surface area contributed by atoms with E-state index < -0.39 is 5.82 Å². The SMILES string of the molecule is COc1ccc2[nH]c(=O)c(CN(Cc3ccc(Cl)cc3)C(=O)c3cccc(F)c3)cc2c1. The quantitative estimate of drug-likeness (QED) is 0.440. The Labute approximate surface area is 189 Å². The zero-order valence-electron chi connectivity index (χ0n) is 17.3. The Morgan fingerprint density at radius 3 is 2.53 bits per heavy atom. The number of pyridine rings is 1. The van der Waals surface area contributed by atoms with Gasteiger partial charge in [0.1, 0.15) is 11.6 Å². The van der Waals surface area contributed by atoms with Gasteiger partial charge >= 0.3 is 0 Å². The molecule has 0 saturated heterocycles. The third-order valence-electron chi connectivity index (χ3n) is 5.13. The number of benzene rings is 3. The molecule has 1 amide bonds. The van der Waals surface area contributed by atoms with Gasteiger partial charge in [-0.1, -0.05) is 29.8 Å². The van der Waals surface area contributed by atoms with E-state index in [0.717, 1.165) is 10.9 Å². The number of carbonyl (C=O) groups is 1. The lowest BCUT2D eigenvalue weighted by molar-refractivity contribution is 0.0729. The second kappa shape index (κ2) is 9.24. The molecule has 0 saturated carbocycles. The van der Waals surface area contributed by atoms with Crippen molar-refractivity contribution in [2.24, 2.45) is 0 Å². The number of halogens is 2. The summed E-state index contributed by atoms with van der Waals surface area (Å²) in [6, 6.07) is 19.7. The number of ether oxygens (including phenoxy) is 1. The number of carbonyl (C=O) groups excluding carboxylic acids is 1. The highest BCUT2D eigenvalue weighted by molar-refractivity contribution is 6.30. The molecule has 0 aliphatic heterocycles. The first-order valence-corrected chi connectivity index (χ1v) is 10.3. The van der Waals surface area contributed by atoms with Crippen molar-refractivity contribution >= 4 is 28.4 Å². The molecule has 0 spiro atoms. The van der Waals surface area contributed by atoms with Crippen LogP contribution in [-0.2, 0) is 13.1 Å². The van der Waals surface area contributed by atoms with Gasteiger partial charge in [-0.2, -0.15) is 0 Å². The van der Waals surface area contributed by atoms with E-state index in [-0.39, 0.29) is 30.1 Å². The highest BCUT2D eigenvalue weighted by Crippen LogP contribution is 2.21. The van der Waals surface area contributed by atoms with E-state index in [1.165, 1.54) is 23.1 Å². The van der Waals surface area contributed by atoms with Gasteiger partial charge in [-0.25, -0.2) is 4.39 Å². The highest BCUT2D eigenvalue weighted by Gasteiger charge is 2.19. The van der Waals surface area contributed by atoms with Crippen LogP contribution >= 0.6 is 11.6 Å². The second-order valence-corrected chi connectivity index (χ2v) is 7.81. The summed E-state index contributed by atoms with van der Waals surface area (Å²) in [4.78, 5) is 30.3. The third-order valence-corrected chi connectivity index (χ3v) is 5.39. The van der Waals surface area contributed by atoms with E-state index in [1.54, 1.807) is 43.5 Å². The number of hydrogen-bond donors (Lipinski definition) is 1. The van der Waals surface area contributed by atoms with Crippen LogP contribution in [0, 0.1) is 5.82 Å². The summed E-state index contributed by atoms with van der Waals surface area (Å²) in [7, 11) is 1.57. The molecule has 0 unspecified atom stereocenters. The Morgan fingerprint density at radius 2 is 1.81 bits per heavy atom. The lowest BCUT2D eigenvalue weighted by Gasteiger charge is -2.23. The molecule has 0 bridgehead atoms. The number of nitrogens with one attached hydrogen (secondary N) is 1. The first-order valence-electron chi connectivity index (χ1n) is 9.92. The fraction of sp³-hybridized carbons (Fsp3) is 0.120. The molecular formula is C25H20ClFN2O3. The molecule has 0 radical (unpaired) electrons. The third kappa shape index (κ3) is 4.81. The maximum absolute atomic E-state index is 13.7. The Hall–Kier alpha value is -3.64. The second-order valence-electron chi connectivity index (χ2n) is 7.37. The molecule has 0 atom stereocenters. The molecule has 3 aromatic carbocycles. The van der Waals surface area contributed by atoms with E-state index in [1.807, 2.05) is 18.2 Å². The Balaban J connectivity index is 1.72. The summed E-state index contributed by atoms with van der Waals surface area (Å²) in [5, 5.41) is 1.36.